The maximum absolute atomic E-state index is 3.80. The average molecular weight is 350 g/mol. The summed E-state index contributed by atoms with van der Waals surface area (Å²) in [6, 6.07) is 8.85. The fraction of sp³-hybridized carbons (Fsp3) is 0.684. The molecule has 2 fully saturated rings. The molecule has 0 radical (unpaired) electrons. The first-order valence-electron chi connectivity index (χ1n) is 8.34. The van der Waals surface area contributed by atoms with Crippen molar-refractivity contribution in [3.63, 3.8) is 0 Å². The molecule has 3 rings (SSSR count). The maximum atomic E-state index is 3.80. The molecule has 0 saturated heterocycles. The molecule has 1 aromatic rings. The summed E-state index contributed by atoms with van der Waals surface area (Å²) in [6.07, 6.45) is 8.53. The highest BCUT2D eigenvalue weighted by atomic mass is 79.9. The Labute approximate surface area is 138 Å². The predicted octanol–water partition coefficient (Wildman–Crippen LogP) is 5.43. The lowest BCUT2D eigenvalue weighted by Gasteiger charge is -2.57. The van der Waals surface area contributed by atoms with Gasteiger partial charge in [0.1, 0.15) is 0 Å². The van der Waals surface area contributed by atoms with Crippen LogP contribution in [-0.2, 0) is 5.41 Å². The van der Waals surface area contributed by atoms with Crippen LogP contribution in [0.3, 0.4) is 0 Å². The summed E-state index contributed by atoms with van der Waals surface area (Å²) in [5.41, 5.74) is 2.69. The molecule has 2 heteroatoms. The first kappa shape index (κ1) is 15.6. The molecular weight excluding hydrogens is 322 g/mol. The van der Waals surface area contributed by atoms with E-state index in [4.69, 9.17) is 0 Å². The van der Waals surface area contributed by atoms with Gasteiger partial charge in [0, 0.05) is 22.0 Å². The van der Waals surface area contributed by atoms with Gasteiger partial charge < -0.3 is 5.32 Å². The lowest BCUT2D eigenvalue weighted by Crippen LogP contribution is -2.56. The molecule has 2 saturated carbocycles. The second-order valence-corrected chi connectivity index (χ2v) is 9.28. The van der Waals surface area contributed by atoms with E-state index < -0.39 is 0 Å². The summed E-state index contributed by atoms with van der Waals surface area (Å²) >= 11 is 3.80. The molecular formula is C19H28BrN. The molecule has 116 valence electrons. The van der Waals surface area contributed by atoms with Gasteiger partial charge in [0.25, 0.3) is 0 Å². The molecule has 2 aliphatic carbocycles. The van der Waals surface area contributed by atoms with Crippen LogP contribution in [0.4, 0.5) is 0 Å². The van der Waals surface area contributed by atoms with Gasteiger partial charge in [-0.15, -0.1) is 0 Å². The third-order valence-corrected chi connectivity index (χ3v) is 6.18. The molecule has 2 aliphatic rings. The second kappa shape index (κ2) is 5.38. The van der Waals surface area contributed by atoms with Crippen molar-refractivity contribution in [3.05, 3.63) is 34.3 Å². The smallest absolute Gasteiger partial charge is 0.0213 e. The summed E-state index contributed by atoms with van der Waals surface area (Å²) in [6.45, 7) is 7.90. The van der Waals surface area contributed by atoms with Crippen LogP contribution >= 0.6 is 15.9 Å². The maximum Gasteiger partial charge on any atom is 0.0213 e. The highest BCUT2D eigenvalue weighted by Crippen LogP contribution is 2.63. The molecule has 0 aromatic heterocycles. The Morgan fingerprint density at radius 3 is 2.29 bits per heavy atom. The topological polar surface area (TPSA) is 12.0 Å². The minimum absolute atomic E-state index is 0.187. The van der Waals surface area contributed by atoms with Gasteiger partial charge in [-0.25, -0.2) is 0 Å². The van der Waals surface area contributed by atoms with Crippen molar-refractivity contribution in [2.45, 2.75) is 70.3 Å². The molecule has 0 unspecified atom stereocenters. The van der Waals surface area contributed by atoms with Gasteiger partial charge in [-0.1, -0.05) is 47.0 Å². The number of benzene rings is 1. The van der Waals surface area contributed by atoms with Crippen molar-refractivity contribution >= 4 is 15.9 Å². The first-order valence-corrected chi connectivity index (χ1v) is 9.14. The van der Waals surface area contributed by atoms with Crippen LogP contribution in [0, 0.1) is 5.41 Å². The fourth-order valence-corrected chi connectivity index (χ4v) is 5.30. The Kier molecular flexibility index (Phi) is 3.99. The molecule has 1 aromatic carbocycles. The zero-order valence-corrected chi connectivity index (χ0v) is 15.2. The summed E-state index contributed by atoms with van der Waals surface area (Å²) < 4.78 is 1.29. The van der Waals surface area contributed by atoms with Crippen LogP contribution in [0.5, 0.6) is 0 Å². The summed E-state index contributed by atoms with van der Waals surface area (Å²) in [5.74, 6) is 0. The van der Waals surface area contributed by atoms with Crippen molar-refractivity contribution in [2.24, 2.45) is 5.41 Å². The zero-order valence-electron chi connectivity index (χ0n) is 13.6. The van der Waals surface area contributed by atoms with Gasteiger partial charge in [-0.05, 0) is 63.5 Å². The number of halogens is 1. The predicted molar refractivity (Wildman–Crippen MR) is 93.7 cm³/mol. The Balaban J connectivity index is 1.84. The van der Waals surface area contributed by atoms with Gasteiger partial charge in [-0.2, -0.15) is 0 Å². The largest absolute Gasteiger partial charge is 0.311 e. The molecule has 0 atom stereocenters. The SMILES string of the molecule is CC(C)(C)NCC1(c2ccccc2Br)CC2(CCCC2)C1. The van der Waals surface area contributed by atoms with E-state index in [-0.39, 0.29) is 5.54 Å². The van der Waals surface area contributed by atoms with Gasteiger partial charge in [0.2, 0.25) is 0 Å². The highest BCUT2D eigenvalue weighted by molar-refractivity contribution is 9.10. The average Bonchev–Trinajstić information content (AvgIpc) is 2.83. The number of nitrogens with one attached hydrogen (secondary N) is 1. The van der Waals surface area contributed by atoms with Crippen molar-refractivity contribution < 1.29 is 0 Å². The monoisotopic (exact) mass is 349 g/mol. The Hall–Kier alpha value is -0.340. The molecule has 21 heavy (non-hydrogen) atoms. The van der Waals surface area contributed by atoms with Crippen LogP contribution in [0.15, 0.2) is 28.7 Å². The molecule has 0 amide bonds. The minimum atomic E-state index is 0.187. The second-order valence-electron chi connectivity index (χ2n) is 8.42. The van der Waals surface area contributed by atoms with E-state index in [1.54, 1.807) is 0 Å². The zero-order chi connectivity index (χ0) is 15.1. The quantitative estimate of drug-likeness (QED) is 0.766. The summed E-state index contributed by atoms with van der Waals surface area (Å²) in [7, 11) is 0. The van der Waals surface area contributed by atoms with E-state index in [0.717, 1.165) is 6.54 Å². The summed E-state index contributed by atoms with van der Waals surface area (Å²) in [5, 5.41) is 3.78. The van der Waals surface area contributed by atoms with Crippen molar-refractivity contribution in [2.75, 3.05) is 6.54 Å². The molecule has 0 aliphatic heterocycles. The lowest BCUT2D eigenvalue weighted by atomic mass is 9.49. The number of hydrogen-bond acceptors (Lipinski definition) is 1. The normalized spacial score (nSPS) is 23.2. The van der Waals surface area contributed by atoms with Gasteiger partial charge in [-0.3, -0.25) is 0 Å². The molecule has 1 nitrogen and oxygen atoms in total. The van der Waals surface area contributed by atoms with Crippen LogP contribution in [0.25, 0.3) is 0 Å². The van der Waals surface area contributed by atoms with Gasteiger partial charge in [0.15, 0.2) is 0 Å². The molecule has 1 spiro atoms. The van der Waals surface area contributed by atoms with Crippen molar-refractivity contribution in [3.8, 4) is 0 Å². The van der Waals surface area contributed by atoms with Gasteiger partial charge >= 0.3 is 0 Å². The molecule has 1 N–H and O–H groups in total. The molecule has 0 bridgehead atoms. The van der Waals surface area contributed by atoms with Gasteiger partial charge in [0.05, 0.1) is 0 Å². The third-order valence-electron chi connectivity index (χ3n) is 5.49. The first-order chi connectivity index (χ1) is 9.84. The van der Waals surface area contributed by atoms with E-state index in [1.165, 1.54) is 48.6 Å². The summed E-state index contributed by atoms with van der Waals surface area (Å²) in [4.78, 5) is 0. The standard InChI is InChI=1S/C19H28BrN/c1-17(2,3)21-14-19(15-8-4-5-9-16(15)20)12-18(13-19)10-6-7-11-18/h4-5,8-9,21H,6-7,10-14H2,1-3H3. The van der Waals surface area contributed by atoms with Crippen LogP contribution in [0.1, 0.15) is 64.9 Å². The third kappa shape index (κ3) is 3.07. The van der Waals surface area contributed by atoms with E-state index in [2.05, 4.69) is 66.3 Å². The molecule has 0 heterocycles. The minimum Gasteiger partial charge on any atom is -0.311 e. The Morgan fingerprint density at radius 2 is 1.71 bits per heavy atom. The van der Waals surface area contributed by atoms with E-state index in [0.29, 0.717) is 10.8 Å². The van der Waals surface area contributed by atoms with Crippen molar-refractivity contribution in [1.29, 1.82) is 0 Å². The van der Waals surface area contributed by atoms with E-state index in [1.807, 2.05) is 0 Å². The van der Waals surface area contributed by atoms with Crippen LogP contribution in [-0.4, -0.2) is 12.1 Å². The fourth-order valence-electron chi connectivity index (χ4n) is 4.60. The lowest BCUT2D eigenvalue weighted by molar-refractivity contribution is 0.0226. The van der Waals surface area contributed by atoms with Crippen molar-refractivity contribution in [1.82, 2.24) is 5.32 Å². The van der Waals surface area contributed by atoms with E-state index in [9.17, 15) is 0 Å². The number of hydrogen-bond donors (Lipinski definition) is 1. The van der Waals surface area contributed by atoms with Crippen LogP contribution in [0.2, 0.25) is 0 Å². The highest BCUT2D eigenvalue weighted by Gasteiger charge is 2.56. The Bertz CT molecular complexity index is 501. The Morgan fingerprint density at radius 1 is 1.10 bits per heavy atom. The number of rotatable bonds is 3. The van der Waals surface area contributed by atoms with E-state index >= 15 is 0 Å². The van der Waals surface area contributed by atoms with Crippen LogP contribution < -0.4 is 5.32 Å².